The number of aryl methyl sites for hydroxylation is 1. The zero-order valence-electron chi connectivity index (χ0n) is 11.4. The first-order valence-electron chi connectivity index (χ1n) is 7.14. The minimum atomic E-state index is 0.172. The summed E-state index contributed by atoms with van der Waals surface area (Å²) in [5, 5.41) is 7.42. The number of nitrogens with zero attached hydrogens (tertiary/aromatic N) is 2. The third-order valence-electron chi connectivity index (χ3n) is 4.24. The first-order valence-corrected chi connectivity index (χ1v) is 8.02. The Morgan fingerprint density at radius 1 is 1.44 bits per heavy atom. The van der Waals surface area contributed by atoms with Crippen molar-refractivity contribution in [2.75, 3.05) is 19.6 Å². The van der Waals surface area contributed by atoms with Crippen molar-refractivity contribution in [1.82, 2.24) is 15.2 Å². The summed E-state index contributed by atoms with van der Waals surface area (Å²) >= 11 is 1.84. The number of hydrogen-bond acceptors (Lipinski definition) is 4. The van der Waals surface area contributed by atoms with E-state index in [-0.39, 0.29) is 5.54 Å². The van der Waals surface area contributed by atoms with E-state index in [0.717, 1.165) is 6.04 Å². The molecule has 1 aromatic rings. The molecule has 0 spiro atoms. The fraction of sp³-hybridized carbons (Fsp3) is 0.786. The molecule has 1 N–H and O–H groups in total. The van der Waals surface area contributed by atoms with Crippen LogP contribution in [0.15, 0.2) is 5.38 Å². The molecule has 0 bridgehead atoms. The Bertz CT molecular complexity index is 403. The van der Waals surface area contributed by atoms with Crippen LogP contribution < -0.4 is 5.32 Å². The molecule has 1 saturated heterocycles. The van der Waals surface area contributed by atoms with E-state index >= 15 is 0 Å². The molecule has 4 heteroatoms. The summed E-state index contributed by atoms with van der Waals surface area (Å²) in [6, 6.07) is 0.752. The number of aromatic nitrogens is 1. The molecule has 18 heavy (non-hydrogen) atoms. The maximum atomic E-state index is 4.78. The number of rotatable bonds is 4. The van der Waals surface area contributed by atoms with Crippen molar-refractivity contribution in [3.8, 4) is 0 Å². The van der Waals surface area contributed by atoms with Crippen LogP contribution in [0.2, 0.25) is 0 Å². The highest BCUT2D eigenvalue weighted by Gasteiger charge is 2.41. The molecular weight excluding hydrogens is 242 g/mol. The van der Waals surface area contributed by atoms with Gasteiger partial charge in [-0.05, 0) is 39.2 Å². The summed E-state index contributed by atoms with van der Waals surface area (Å²) in [7, 11) is 0. The maximum Gasteiger partial charge on any atom is 0.113 e. The average molecular weight is 265 g/mol. The predicted molar refractivity (Wildman–Crippen MR) is 76.0 cm³/mol. The van der Waals surface area contributed by atoms with Gasteiger partial charge in [0.25, 0.3) is 0 Å². The smallest absolute Gasteiger partial charge is 0.113 e. The van der Waals surface area contributed by atoms with Gasteiger partial charge < -0.3 is 10.2 Å². The Labute approximate surface area is 114 Å². The quantitative estimate of drug-likeness (QED) is 0.906. The number of thiazole rings is 1. The minimum Gasteiger partial charge on any atom is -0.303 e. The van der Waals surface area contributed by atoms with E-state index in [0.29, 0.717) is 0 Å². The van der Waals surface area contributed by atoms with Crippen molar-refractivity contribution in [1.29, 1.82) is 0 Å². The van der Waals surface area contributed by atoms with Crippen LogP contribution in [0.1, 0.15) is 43.3 Å². The Hall–Kier alpha value is -0.450. The minimum absolute atomic E-state index is 0.172. The number of piperidine rings is 1. The Morgan fingerprint density at radius 2 is 2.17 bits per heavy atom. The van der Waals surface area contributed by atoms with Crippen LogP contribution >= 0.6 is 11.3 Å². The molecule has 0 aromatic carbocycles. The lowest BCUT2D eigenvalue weighted by Crippen LogP contribution is -2.51. The second-order valence-electron chi connectivity index (χ2n) is 5.73. The van der Waals surface area contributed by atoms with E-state index in [4.69, 9.17) is 4.98 Å². The molecule has 0 radical (unpaired) electrons. The van der Waals surface area contributed by atoms with Crippen molar-refractivity contribution in [2.45, 2.75) is 51.1 Å². The van der Waals surface area contributed by atoms with Gasteiger partial charge in [0.15, 0.2) is 0 Å². The highest BCUT2D eigenvalue weighted by molar-refractivity contribution is 7.09. The molecule has 1 aromatic heterocycles. The van der Waals surface area contributed by atoms with Crippen molar-refractivity contribution in [2.24, 2.45) is 0 Å². The van der Waals surface area contributed by atoms with Crippen LogP contribution in [0.25, 0.3) is 0 Å². The molecule has 2 fully saturated rings. The van der Waals surface area contributed by atoms with Crippen molar-refractivity contribution < 1.29 is 0 Å². The summed E-state index contributed by atoms with van der Waals surface area (Å²) in [5.41, 5.74) is 1.34. The van der Waals surface area contributed by atoms with Gasteiger partial charge in [-0.15, -0.1) is 11.3 Å². The fourth-order valence-electron chi connectivity index (χ4n) is 2.86. The van der Waals surface area contributed by atoms with Crippen LogP contribution in [-0.4, -0.2) is 35.6 Å². The number of hydrogen-bond donors (Lipinski definition) is 1. The standard InChI is InChI=1S/C14H23N3S/c1-3-17-8-6-14(7-9-17,16-12-4-5-12)13-15-11(2)10-18-13/h10,12,16H,3-9H2,1-2H3. The number of nitrogens with one attached hydrogen (secondary N) is 1. The van der Waals surface area contributed by atoms with Crippen molar-refractivity contribution >= 4 is 11.3 Å². The molecule has 1 saturated carbocycles. The van der Waals surface area contributed by atoms with E-state index in [2.05, 4.69) is 29.4 Å². The third-order valence-corrected chi connectivity index (χ3v) is 5.41. The molecule has 100 valence electrons. The molecule has 2 heterocycles. The summed E-state index contributed by atoms with van der Waals surface area (Å²) in [6.45, 7) is 7.95. The third kappa shape index (κ3) is 2.46. The SMILES string of the molecule is CCN1CCC(NC2CC2)(c2nc(C)cs2)CC1. The van der Waals surface area contributed by atoms with E-state index in [1.807, 2.05) is 11.3 Å². The van der Waals surface area contributed by atoms with Crippen LogP contribution in [0.4, 0.5) is 0 Å². The van der Waals surface area contributed by atoms with Gasteiger partial charge in [-0.3, -0.25) is 0 Å². The van der Waals surface area contributed by atoms with Gasteiger partial charge in [0.1, 0.15) is 5.01 Å². The predicted octanol–water partition coefficient (Wildman–Crippen LogP) is 2.51. The Balaban J connectivity index is 1.80. The van der Waals surface area contributed by atoms with Crippen molar-refractivity contribution in [3.05, 3.63) is 16.1 Å². The zero-order valence-corrected chi connectivity index (χ0v) is 12.2. The maximum absolute atomic E-state index is 4.78. The summed E-state index contributed by atoms with van der Waals surface area (Å²) < 4.78 is 0. The van der Waals surface area contributed by atoms with Crippen LogP contribution in [0.3, 0.4) is 0 Å². The second-order valence-corrected chi connectivity index (χ2v) is 6.59. The monoisotopic (exact) mass is 265 g/mol. The number of likely N-dealkylation sites (tertiary alicyclic amines) is 1. The van der Waals surface area contributed by atoms with Gasteiger partial charge in [-0.1, -0.05) is 6.92 Å². The molecule has 3 nitrogen and oxygen atoms in total. The Kier molecular flexibility index (Phi) is 3.43. The van der Waals surface area contributed by atoms with Gasteiger partial charge >= 0.3 is 0 Å². The summed E-state index contributed by atoms with van der Waals surface area (Å²) in [5.74, 6) is 0. The van der Waals surface area contributed by atoms with Gasteiger partial charge in [-0.2, -0.15) is 0 Å². The highest BCUT2D eigenvalue weighted by Crippen LogP contribution is 2.38. The molecule has 1 aliphatic carbocycles. The van der Waals surface area contributed by atoms with Crippen LogP contribution in [-0.2, 0) is 5.54 Å². The van der Waals surface area contributed by atoms with Gasteiger partial charge in [0.05, 0.1) is 5.54 Å². The van der Waals surface area contributed by atoms with Gasteiger partial charge in [0.2, 0.25) is 0 Å². The first kappa shape index (κ1) is 12.6. The summed E-state index contributed by atoms with van der Waals surface area (Å²) in [6.07, 6.45) is 5.13. The van der Waals surface area contributed by atoms with Crippen LogP contribution in [0.5, 0.6) is 0 Å². The lowest BCUT2D eigenvalue weighted by Gasteiger charge is -2.41. The molecule has 0 unspecified atom stereocenters. The lowest BCUT2D eigenvalue weighted by molar-refractivity contribution is 0.137. The molecule has 1 aliphatic heterocycles. The lowest BCUT2D eigenvalue weighted by atomic mass is 9.87. The van der Waals surface area contributed by atoms with E-state index < -0.39 is 0 Å². The first-order chi connectivity index (χ1) is 8.72. The average Bonchev–Trinajstić information content (AvgIpc) is 3.08. The summed E-state index contributed by atoms with van der Waals surface area (Å²) in [4.78, 5) is 7.32. The van der Waals surface area contributed by atoms with Gasteiger partial charge in [0, 0.05) is 30.2 Å². The molecule has 3 rings (SSSR count). The normalized spacial score (nSPS) is 24.3. The van der Waals surface area contributed by atoms with E-state index in [9.17, 15) is 0 Å². The topological polar surface area (TPSA) is 28.2 Å². The largest absolute Gasteiger partial charge is 0.303 e. The molecule has 0 atom stereocenters. The fourth-order valence-corrected chi connectivity index (χ4v) is 3.88. The molecular formula is C14H23N3S. The molecule has 0 amide bonds. The van der Waals surface area contributed by atoms with Crippen LogP contribution in [0, 0.1) is 6.92 Å². The zero-order chi connectivity index (χ0) is 12.6. The molecule has 2 aliphatic rings. The van der Waals surface area contributed by atoms with Gasteiger partial charge in [-0.25, -0.2) is 4.98 Å². The van der Waals surface area contributed by atoms with E-state index in [1.165, 1.54) is 56.0 Å². The Morgan fingerprint density at radius 3 is 2.67 bits per heavy atom. The van der Waals surface area contributed by atoms with Crippen molar-refractivity contribution in [3.63, 3.8) is 0 Å². The second kappa shape index (κ2) is 4.91. The van der Waals surface area contributed by atoms with E-state index in [1.54, 1.807) is 0 Å². The highest BCUT2D eigenvalue weighted by atomic mass is 32.1.